The zero-order valence-corrected chi connectivity index (χ0v) is 11.5. The number of likely N-dealkylation sites (tertiary alicyclic amines) is 1. The van der Waals surface area contributed by atoms with E-state index in [9.17, 15) is 18.3 Å². The van der Waals surface area contributed by atoms with Gasteiger partial charge in [-0.1, -0.05) is 5.16 Å². The molecule has 0 radical (unpaired) electrons. The van der Waals surface area contributed by atoms with Crippen molar-refractivity contribution in [1.29, 1.82) is 0 Å². The third-order valence-corrected chi connectivity index (χ3v) is 3.66. The van der Waals surface area contributed by atoms with Gasteiger partial charge >= 0.3 is 0 Å². The number of nitrogens with zero attached hydrogens (tertiary/aromatic N) is 3. The molecule has 2 heterocycles. The maximum atomic E-state index is 13.7. The number of aliphatic hydroxyl groups is 1. The van der Waals surface area contributed by atoms with Crippen molar-refractivity contribution in [2.24, 2.45) is 0 Å². The molecule has 2 aromatic rings. The Kier molecular flexibility index (Phi) is 4.12. The van der Waals surface area contributed by atoms with Gasteiger partial charge < -0.3 is 9.63 Å². The number of rotatable bonds is 4. The van der Waals surface area contributed by atoms with Crippen molar-refractivity contribution in [3.63, 3.8) is 0 Å². The van der Waals surface area contributed by atoms with E-state index in [1.165, 1.54) is 6.07 Å². The molecule has 1 saturated heterocycles. The van der Waals surface area contributed by atoms with E-state index < -0.39 is 17.8 Å². The second-order valence-corrected chi connectivity index (χ2v) is 5.24. The van der Waals surface area contributed by atoms with Crippen molar-refractivity contribution in [3.05, 3.63) is 35.7 Å². The molecule has 1 N–H and O–H groups in total. The molecule has 1 fully saturated rings. The zero-order valence-electron chi connectivity index (χ0n) is 11.5. The first-order valence-corrected chi connectivity index (χ1v) is 6.84. The summed E-state index contributed by atoms with van der Waals surface area (Å²) in [5.41, 5.74) is 0.00338. The topological polar surface area (TPSA) is 62.4 Å². The van der Waals surface area contributed by atoms with Crippen molar-refractivity contribution in [3.8, 4) is 11.5 Å². The van der Waals surface area contributed by atoms with Gasteiger partial charge in [-0.3, -0.25) is 4.90 Å². The maximum Gasteiger partial charge on any atom is 0.260 e. The number of aromatic nitrogens is 2. The Bertz CT molecular complexity index is 665. The van der Waals surface area contributed by atoms with Gasteiger partial charge in [0.2, 0.25) is 0 Å². The molecule has 22 heavy (non-hydrogen) atoms. The van der Waals surface area contributed by atoms with Crippen LogP contribution in [0.5, 0.6) is 0 Å². The molecule has 0 saturated carbocycles. The minimum atomic E-state index is -1.00. The Morgan fingerprint density at radius 3 is 2.91 bits per heavy atom. The predicted molar refractivity (Wildman–Crippen MR) is 70.4 cm³/mol. The van der Waals surface area contributed by atoms with Crippen LogP contribution in [-0.2, 0) is 6.54 Å². The quantitative estimate of drug-likeness (QED) is 0.934. The number of hydrogen-bond donors (Lipinski definition) is 1. The van der Waals surface area contributed by atoms with Crippen LogP contribution in [0.4, 0.5) is 13.2 Å². The van der Waals surface area contributed by atoms with E-state index in [0.717, 1.165) is 12.1 Å². The number of hydrogen-bond acceptors (Lipinski definition) is 5. The molecule has 1 aromatic heterocycles. The van der Waals surface area contributed by atoms with Gasteiger partial charge in [0.15, 0.2) is 5.82 Å². The highest BCUT2D eigenvalue weighted by molar-refractivity contribution is 5.53. The van der Waals surface area contributed by atoms with Gasteiger partial charge in [0, 0.05) is 18.7 Å². The molecule has 1 aliphatic rings. The Hall–Kier alpha value is -1.93. The van der Waals surface area contributed by atoms with E-state index in [0.29, 0.717) is 0 Å². The maximum absolute atomic E-state index is 13.7. The summed E-state index contributed by atoms with van der Waals surface area (Å²) in [5.74, 6) is -1.30. The third kappa shape index (κ3) is 2.97. The first-order chi connectivity index (χ1) is 10.6. The van der Waals surface area contributed by atoms with E-state index >= 15 is 0 Å². The van der Waals surface area contributed by atoms with Gasteiger partial charge in [-0.15, -0.1) is 0 Å². The second kappa shape index (κ2) is 6.05. The van der Waals surface area contributed by atoms with Crippen molar-refractivity contribution >= 4 is 0 Å². The Balaban J connectivity index is 1.76. The van der Waals surface area contributed by atoms with Crippen LogP contribution < -0.4 is 0 Å². The van der Waals surface area contributed by atoms with Gasteiger partial charge in [-0.05, 0) is 18.6 Å². The van der Waals surface area contributed by atoms with Crippen LogP contribution in [0.15, 0.2) is 22.7 Å². The monoisotopic (exact) mass is 313 g/mol. The lowest BCUT2D eigenvalue weighted by molar-refractivity contribution is 0.149. The van der Waals surface area contributed by atoms with Crippen LogP contribution >= 0.6 is 0 Å². The summed E-state index contributed by atoms with van der Waals surface area (Å²) in [6.45, 7) is 0.218. The van der Waals surface area contributed by atoms with Gasteiger partial charge in [-0.2, -0.15) is 4.98 Å². The van der Waals surface area contributed by atoms with Crippen LogP contribution in [0, 0.1) is 11.6 Å². The lowest BCUT2D eigenvalue weighted by atomic mass is 10.2. The zero-order chi connectivity index (χ0) is 15.7. The lowest BCUT2D eigenvalue weighted by Gasteiger charge is -2.19. The van der Waals surface area contributed by atoms with Crippen LogP contribution in [-0.4, -0.2) is 45.5 Å². The molecule has 1 aromatic carbocycles. The molecule has 0 spiro atoms. The van der Waals surface area contributed by atoms with E-state index in [2.05, 4.69) is 10.1 Å². The summed E-state index contributed by atoms with van der Waals surface area (Å²) in [5, 5.41) is 12.9. The molecule has 0 aliphatic carbocycles. The molecule has 8 heteroatoms. The minimum absolute atomic E-state index is 0.00338. The number of aliphatic hydroxyl groups excluding tert-OH is 1. The summed E-state index contributed by atoms with van der Waals surface area (Å²) in [7, 11) is 0. The second-order valence-electron chi connectivity index (χ2n) is 5.24. The summed E-state index contributed by atoms with van der Waals surface area (Å²) < 4.78 is 44.9. The van der Waals surface area contributed by atoms with Crippen molar-refractivity contribution in [2.45, 2.75) is 25.2 Å². The van der Waals surface area contributed by atoms with Crippen LogP contribution in [0.2, 0.25) is 0 Å². The van der Waals surface area contributed by atoms with Crippen molar-refractivity contribution in [2.75, 3.05) is 13.2 Å². The predicted octanol–water partition coefficient (Wildman–Crippen LogP) is 1.92. The molecule has 5 nitrogen and oxygen atoms in total. The molecule has 0 amide bonds. The molecule has 2 atom stereocenters. The largest absolute Gasteiger partial charge is 0.395 e. The van der Waals surface area contributed by atoms with Crippen LogP contribution in [0.25, 0.3) is 11.5 Å². The molecule has 118 valence electrons. The number of alkyl halides is 1. The van der Waals surface area contributed by atoms with Crippen molar-refractivity contribution in [1.82, 2.24) is 15.0 Å². The highest BCUT2D eigenvalue weighted by Crippen LogP contribution is 2.24. The first-order valence-electron chi connectivity index (χ1n) is 6.84. The van der Waals surface area contributed by atoms with E-state index in [1.54, 1.807) is 4.90 Å². The Morgan fingerprint density at radius 1 is 1.36 bits per heavy atom. The summed E-state index contributed by atoms with van der Waals surface area (Å²) in [6, 6.07) is 2.75. The molecule has 3 rings (SSSR count). The van der Waals surface area contributed by atoms with E-state index in [-0.39, 0.29) is 49.4 Å². The van der Waals surface area contributed by atoms with E-state index in [1.807, 2.05) is 0 Å². The molecule has 1 aliphatic heterocycles. The standard InChI is InChI=1S/C14H14F3N3O2/c15-8-1-2-11(12(17)4-8)14-18-13(19-22-14)6-20-5-9(16)3-10(20)7-21/h1-2,4,9-10,21H,3,5-7H2/t9-,10-/m0/s1. The van der Waals surface area contributed by atoms with Crippen LogP contribution in [0.1, 0.15) is 12.2 Å². The smallest absolute Gasteiger partial charge is 0.260 e. The fraction of sp³-hybridized carbons (Fsp3) is 0.429. The third-order valence-electron chi connectivity index (χ3n) is 3.66. The average Bonchev–Trinajstić information content (AvgIpc) is 3.06. The SMILES string of the molecule is OC[C@@H]1C[C@H](F)CN1Cc1noc(-c2ccc(F)cc2F)n1. The number of halogens is 3. The Morgan fingerprint density at radius 2 is 2.18 bits per heavy atom. The van der Waals surface area contributed by atoms with Gasteiger partial charge in [-0.25, -0.2) is 13.2 Å². The number of benzene rings is 1. The fourth-order valence-electron chi connectivity index (χ4n) is 2.58. The van der Waals surface area contributed by atoms with Crippen LogP contribution in [0.3, 0.4) is 0 Å². The minimum Gasteiger partial charge on any atom is -0.395 e. The molecular formula is C14H14F3N3O2. The van der Waals surface area contributed by atoms with E-state index in [4.69, 9.17) is 4.52 Å². The summed E-state index contributed by atoms with van der Waals surface area (Å²) in [4.78, 5) is 5.75. The Labute approximate surface area is 124 Å². The highest BCUT2D eigenvalue weighted by atomic mass is 19.1. The van der Waals surface area contributed by atoms with Gasteiger partial charge in [0.1, 0.15) is 17.8 Å². The molecule has 0 bridgehead atoms. The van der Waals surface area contributed by atoms with Gasteiger partial charge in [0.25, 0.3) is 5.89 Å². The normalized spacial score (nSPS) is 22.4. The average molecular weight is 313 g/mol. The lowest BCUT2D eigenvalue weighted by Crippen LogP contribution is -2.32. The summed E-state index contributed by atoms with van der Waals surface area (Å²) >= 11 is 0. The summed E-state index contributed by atoms with van der Waals surface area (Å²) in [6.07, 6.45) is -0.744. The molecule has 0 unspecified atom stereocenters. The molecular weight excluding hydrogens is 299 g/mol. The highest BCUT2D eigenvalue weighted by Gasteiger charge is 2.32. The van der Waals surface area contributed by atoms with Gasteiger partial charge in [0.05, 0.1) is 18.7 Å². The first kappa shape index (κ1) is 15.0. The fourth-order valence-corrected chi connectivity index (χ4v) is 2.58. The van der Waals surface area contributed by atoms with Crippen molar-refractivity contribution < 1.29 is 22.8 Å².